The van der Waals surface area contributed by atoms with E-state index < -0.39 is 10.0 Å². The largest absolute Gasteiger partial charge is 0.497 e. The van der Waals surface area contributed by atoms with Crippen molar-refractivity contribution in [1.82, 2.24) is 0 Å². The van der Waals surface area contributed by atoms with E-state index in [9.17, 15) is 8.42 Å². The van der Waals surface area contributed by atoms with E-state index in [-0.39, 0.29) is 4.90 Å². The third kappa shape index (κ3) is 3.56. The zero-order chi connectivity index (χ0) is 14.8. The van der Waals surface area contributed by atoms with Crippen molar-refractivity contribution in [2.24, 2.45) is 0 Å². The van der Waals surface area contributed by atoms with E-state index in [2.05, 4.69) is 27.3 Å². The summed E-state index contributed by atoms with van der Waals surface area (Å²) in [7, 11) is -2.15. The quantitative estimate of drug-likeness (QED) is 0.762. The van der Waals surface area contributed by atoms with Gasteiger partial charge in [0.25, 0.3) is 10.0 Å². The van der Waals surface area contributed by atoms with Crippen LogP contribution in [0.2, 0.25) is 5.02 Å². The third-order valence-corrected chi connectivity index (χ3v) is 4.91. The molecule has 0 amide bonds. The van der Waals surface area contributed by atoms with Gasteiger partial charge < -0.3 is 4.74 Å². The molecule has 0 aliphatic rings. The van der Waals surface area contributed by atoms with E-state index in [0.717, 1.165) is 3.57 Å². The molecule has 0 heterocycles. The Balaban J connectivity index is 2.30. The first-order valence-electron chi connectivity index (χ1n) is 5.54. The summed E-state index contributed by atoms with van der Waals surface area (Å²) in [5, 5.41) is 0.356. The molecule has 0 bridgehead atoms. The predicted molar refractivity (Wildman–Crippen MR) is 88.0 cm³/mol. The Bertz CT molecular complexity index is 717. The first-order valence-corrected chi connectivity index (χ1v) is 8.48. The number of nitrogens with one attached hydrogen (secondary N) is 1. The smallest absolute Gasteiger partial charge is 0.261 e. The maximum absolute atomic E-state index is 12.2. The first-order chi connectivity index (χ1) is 9.42. The van der Waals surface area contributed by atoms with E-state index in [1.165, 1.54) is 19.2 Å². The van der Waals surface area contributed by atoms with Crippen LogP contribution in [0.5, 0.6) is 5.75 Å². The molecule has 0 radical (unpaired) electrons. The number of sulfonamides is 1. The van der Waals surface area contributed by atoms with Crippen molar-refractivity contribution in [3.05, 3.63) is 51.1 Å². The van der Waals surface area contributed by atoms with Gasteiger partial charge in [0.15, 0.2) is 0 Å². The summed E-state index contributed by atoms with van der Waals surface area (Å²) in [5.41, 5.74) is 0.350. The normalized spacial score (nSPS) is 11.2. The van der Waals surface area contributed by atoms with Gasteiger partial charge in [0.2, 0.25) is 0 Å². The zero-order valence-electron chi connectivity index (χ0n) is 10.4. The topological polar surface area (TPSA) is 55.4 Å². The van der Waals surface area contributed by atoms with Crippen LogP contribution in [0.1, 0.15) is 0 Å². The fourth-order valence-electron chi connectivity index (χ4n) is 1.53. The number of hydrogen-bond acceptors (Lipinski definition) is 3. The molecular formula is C13H11ClINO3S. The minimum atomic E-state index is -3.67. The number of hydrogen-bond donors (Lipinski definition) is 1. The Morgan fingerprint density at radius 3 is 2.35 bits per heavy atom. The molecule has 4 nitrogen and oxygen atoms in total. The number of rotatable bonds is 4. The van der Waals surface area contributed by atoms with Crippen LogP contribution in [-0.4, -0.2) is 15.5 Å². The number of halogens is 2. The summed E-state index contributed by atoms with van der Waals surface area (Å²) in [4.78, 5) is 0.146. The highest BCUT2D eigenvalue weighted by Gasteiger charge is 2.15. The molecule has 0 aliphatic heterocycles. The maximum atomic E-state index is 12.2. The van der Waals surface area contributed by atoms with Crippen LogP contribution in [0.15, 0.2) is 47.4 Å². The Morgan fingerprint density at radius 1 is 1.15 bits per heavy atom. The SMILES string of the molecule is COc1ccc(S(=O)(=O)Nc2ccc(I)cc2Cl)cc1. The van der Waals surface area contributed by atoms with Gasteiger partial charge in [0, 0.05) is 3.57 Å². The van der Waals surface area contributed by atoms with Crippen molar-refractivity contribution in [3.8, 4) is 5.75 Å². The zero-order valence-corrected chi connectivity index (χ0v) is 14.2. The van der Waals surface area contributed by atoms with Crippen LogP contribution in [0.3, 0.4) is 0 Å². The second kappa shape index (κ2) is 6.19. The van der Waals surface area contributed by atoms with Crippen LogP contribution in [-0.2, 0) is 10.0 Å². The molecular weight excluding hydrogens is 413 g/mol. The highest BCUT2D eigenvalue weighted by molar-refractivity contribution is 14.1. The molecule has 0 fully saturated rings. The van der Waals surface area contributed by atoms with Crippen LogP contribution in [0.4, 0.5) is 5.69 Å². The van der Waals surface area contributed by atoms with E-state index in [0.29, 0.717) is 16.5 Å². The van der Waals surface area contributed by atoms with Crippen molar-refractivity contribution in [2.45, 2.75) is 4.90 Å². The molecule has 0 aliphatic carbocycles. The predicted octanol–water partition coefficient (Wildman–Crippen LogP) is 3.75. The molecule has 0 unspecified atom stereocenters. The van der Waals surface area contributed by atoms with E-state index in [4.69, 9.17) is 16.3 Å². The van der Waals surface area contributed by atoms with Crippen molar-refractivity contribution in [2.75, 3.05) is 11.8 Å². The molecule has 1 N–H and O–H groups in total. The second-order valence-electron chi connectivity index (χ2n) is 3.91. The summed E-state index contributed by atoms with van der Waals surface area (Å²) < 4.78 is 32.8. The molecule has 2 aromatic rings. The van der Waals surface area contributed by atoms with Gasteiger partial charge in [-0.3, -0.25) is 4.72 Å². The monoisotopic (exact) mass is 423 g/mol. The van der Waals surface area contributed by atoms with Crippen molar-refractivity contribution in [1.29, 1.82) is 0 Å². The van der Waals surface area contributed by atoms with Crippen molar-refractivity contribution in [3.63, 3.8) is 0 Å². The lowest BCUT2D eigenvalue weighted by Crippen LogP contribution is -2.13. The molecule has 2 aromatic carbocycles. The van der Waals surface area contributed by atoms with Gasteiger partial charge in [0.05, 0.1) is 22.7 Å². The summed E-state index contributed by atoms with van der Waals surface area (Å²) in [6, 6.07) is 11.2. The van der Waals surface area contributed by atoms with E-state index >= 15 is 0 Å². The minimum Gasteiger partial charge on any atom is -0.497 e. The summed E-state index contributed by atoms with van der Waals surface area (Å²) in [6.45, 7) is 0. The van der Waals surface area contributed by atoms with Gasteiger partial charge >= 0.3 is 0 Å². The highest BCUT2D eigenvalue weighted by atomic mass is 127. The van der Waals surface area contributed by atoms with E-state index in [1.54, 1.807) is 30.3 Å². The molecule has 0 aromatic heterocycles. The van der Waals surface area contributed by atoms with Crippen LogP contribution >= 0.6 is 34.2 Å². The molecule has 0 saturated heterocycles. The molecule has 106 valence electrons. The first kappa shape index (κ1) is 15.4. The Labute approximate surface area is 136 Å². The average Bonchev–Trinajstić information content (AvgIpc) is 2.42. The lowest BCUT2D eigenvalue weighted by atomic mass is 10.3. The van der Waals surface area contributed by atoms with Gasteiger partial charge in [-0.25, -0.2) is 8.42 Å². The lowest BCUT2D eigenvalue weighted by molar-refractivity contribution is 0.414. The van der Waals surface area contributed by atoms with Gasteiger partial charge in [-0.05, 0) is 65.1 Å². The molecule has 0 atom stereocenters. The van der Waals surface area contributed by atoms with Gasteiger partial charge in [0.1, 0.15) is 5.75 Å². The fraction of sp³-hybridized carbons (Fsp3) is 0.0769. The lowest BCUT2D eigenvalue weighted by Gasteiger charge is -2.10. The molecule has 7 heteroatoms. The summed E-state index contributed by atoms with van der Waals surface area (Å²) >= 11 is 8.12. The number of anilines is 1. The average molecular weight is 424 g/mol. The van der Waals surface area contributed by atoms with E-state index in [1.807, 2.05) is 0 Å². The molecule has 2 rings (SSSR count). The van der Waals surface area contributed by atoms with Gasteiger partial charge in [-0.2, -0.15) is 0 Å². The van der Waals surface area contributed by atoms with Crippen molar-refractivity contribution < 1.29 is 13.2 Å². The van der Waals surface area contributed by atoms with Gasteiger partial charge in [-0.15, -0.1) is 0 Å². The molecule has 20 heavy (non-hydrogen) atoms. The fourth-order valence-corrected chi connectivity index (χ4v) is 3.57. The number of ether oxygens (including phenoxy) is 1. The molecule has 0 spiro atoms. The number of benzene rings is 2. The standard InChI is InChI=1S/C13H11ClINO3S/c1-19-10-3-5-11(6-4-10)20(17,18)16-13-7-2-9(15)8-12(13)14/h2-8,16H,1H3. The Kier molecular flexibility index (Phi) is 4.77. The van der Waals surface area contributed by atoms with Crippen LogP contribution in [0.25, 0.3) is 0 Å². The van der Waals surface area contributed by atoms with Gasteiger partial charge in [-0.1, -0.05) is 11.6 Å². The summed E-state index contributed by atoms with van der Waals surface area (Å²) in [5.74, 6) is 0.594. The Morgan fingerprint density at radius 2 is 1.80 bits per heavy atom. The maximum Gasteiger partial charge on any atom is 0.261 e. The third-order valence-electron chi connectivity index (χ3n) is 2.55. The number of methoxy groups -OCH3 is 1. The van der Waals surface area contributed by atoms with Crippen LogP contribution in [0, 0.1) is 3.57 Å². The molecule has 0 saturated carbocycles. The minimum absolute atomic E-state index is 0.146. The van der Waals surface area contributed by atoms with Crippen LogP contribution < -0.4 is 9.46 Å². The highest BCUT2D eigenvalue weighted by Crippen LogP contribution is 2.26. The van der Waals surface area contributed by atoms with Crippen molar-refractivity contribution >= 4 is 49.9 Å². The summed E-state index contributed by atoms with van der Waals surface area (Å²) in [6.07, 6.45) is 0. The Hall–Kier alpha value is -0.990. The second-order valence-corrected chi connectivity index (χ2v) is 7.24.